The third-order valence-electron chi connectivity index (χ3n) is 4.26. The first kappa shape index (κ1) is 19.4. The number of allylic oxidation sites excluding steroid dienone is 1. The lowest BCUT2D eigenvalue weighted by Crippen LogP contribution is -2.12. The van der Waals surface area contributed by atoms with E-state index in [-0.39, 0.29) is 22.1 Å². The van der Waals surface area contributed by atoms with Gasteiger partial charge in [-0.15, -0.1) is 0 Å². The Bertz CT molecular complexity index is 1130. The van der Waals surface area contributed by atoms with Crippen molar-refractivity contribution in [1.82, 2.24) is 14.5 Å². The Labute approximate surface area is 166 Å². The number of fused-ring (bicyclic) bond motifs is 1. The molecular weight excluding hydrogens is 380 g/mol. The lowest BCUT2D eigenvalue weighted by atomic mass is 10.1. The highest BCUT2D eigenvalue weighted by Gasteiger charge is 2.20. The molecule has 28 heavy (non-hydrogen) atoms. The van der Waals surface area contributed by atoms with Crippen molar-refractivity contribution in [1.29, 1.82) is 5.26 Å². The Kier molecular flexibility index (Phi) is 5.34. The number of carbonyl (C=O) groups is 1. The quantitative estimate of drug-likeness (QED) is 0.311. The Morgan fingerprint density at radius 3 is 2.68 bits per heavy atom. The fraction of sp³-hybridized carbons (Fsp3) is 0.200. The number of esters is 1. The van der Waals surface area contributed by atoms with Crippen molar-refractivity contribution < 1.29 is 14.6 Å². The molecule has 0 radical (unpaired) electrons. The van der Waals surface area contributed by atoms with Crippen LogP contribution in [0, 0.1) is 25.2 Å². The van der Waals surface area contributed by atoms with E-state index >= 15 is 0 Å². The van der Waals surface area contributed by atoms with Crippen LogP contribution in [0.5, 0.6) is 0 Å². The minimum atomic E-state index is -0.733. The molecule has 0 aliphatic carbocycles. The number of aryl methyl sites for hydroxylation is 3. The second-order valence-electron chi connectivity index (χ2n) is 6.24. The summed E-state index contributed by atoms with van der Waals surface area (Å²) in [7, 11) is 1.74. The number of rotatable bonds is 4. The number of aliphatic hydroxyl groups excluding tert-OH is 1. The molecule has 142 valence electrons. The van der Waals surface area contributed by atoms with Crippen LogP contribution in [0.25, 0.3) is 16.6 Å². The molecule has 0 unspecified atom stereocenters. The number of halogens is 1. The molecule has 0 saturated carbocycles. The van der Waals surface area contributed by atoms with Crippen LogP contribution in [-0.4, -0.2) is 32.2 Å². The summed E-state index contributed by atoms with van der Waals surface area (Å²) in [6, 6.07) is 11.0. The molecule has 3 aromatic rings. The smallest absolute Gasteiger partial charge is 0.342 e. The maximum absolute atomic E-state index is 12.4. The number of ether oxygens (including phenoxy) is 1. The van der Waals surface area contributed by atoms with Gasteiger partial charge >= 0.3 is 5.97 Å². The number of carbonyl (C=O) groups excluding carboxylic acids is 1. The maximum Gasteiger partial charge on any atom is 0.342 e. The van der Waals surface area contributed by atoms with Crippen molar-refractivity contribution in [3.8, 4) is 6.07 Å². The molecule has 2 heterocycles. The minimum Gasteiger partial charge on any atom is -0.507 e. The number of aliphatic hydroxyl groups is 1. The summed E-state index contributed by atoms with van der Waals surface area (Å²) in [6.07, 6.45) is 0. The number of hydrogen-bond acceptors (Lipinski definition) is 6. The fourth-order valence-electron chi connectivity index (χ4n) is 2.93. The number of nitriles is 1. The molecule has 0 aliphatic heterocycles. The van der Waals surface area contributed by atoms with Crippen LogP contribution in [-0.2, 0) is 11.8 Å². The van der Waals surface area contributed by atoms with E-state index in [1.54, 1.807) is 37.6 Å². The first-order valence-electron chi connectivity index (χ1n) is 8.38. The van der Waals surface area contributed by atoms with E-state index in [1.165, 1.54) is 0 Å². The topological polar surface area (TPSA) is 101 Å². The molecule has 1 aromatic carbocycles. The lowest BCUT2D eigenvalue weighted by molar-refractivity contribution is 0.0501. The molecule has 1 N–H and O–H groups in total. The van der Waals surface area contributed by atoms with Gasteiger partial charge in [0.05, 0.1) is 16.6 Å². The maximum atomic E-state index is 12.4. The second-order valence-corrected chi connectivity index (χ2v) is 6.60. The molecule has 7 nitrogen and oxygen atoms in total. The normalized spacial score (nSPS) is 11.8. The van der Waals surface area contributed by atoms with Crippen LogP contribution < -0.4 is 0 Å². The molecule has 0 atom stereocenters. The number of aromatic nitrogens is 3. The standard InChI is InChI=1S/C20H17ClN4O3/c1-11-8-12(2)23-18(21)17(11)20(27)28-10-16(26)13(9-22)19-24-14-6-4-5-7-15(14)25(19)3/h4-8,26H,10H2,1-3H3/b16-13-. The lowest BCUT2D eigenvalue weighted by Gasteiger charge is -2.10. The van der Waals surface area contributed by atoms with Crippen molar-refractivity contribution >= 4 is 34.2 Å². The van der Waals surface area contributed by atoms with Crippen LogP contribution in [0.4, 0.5) is 0 Å². The number of nitrogens with zero attached hydrogens (tertiary/aromatic N) is 4. The van der Waals surface area contributed by atoms with Gasteiger partial charge in [-0.25, -0.2) is 14.8 Å². The van der Waals surface area contributed by atoms with Crippen LogP contribution >= 0.6 is 11.6 Å². The van der Waals surface area contributed by atoms with Gasteiger partial charge in [0.25, 0.3) is 0 Å². The number of imidazole rings is 1. The molecule has 0 saturated heterocycles. The third-order valence-corrected chi connectivity index (χ3v) is 4.53. The molecule has 0 aliphatic rings. The second kappa shape index (κ2) is 7.71. The Morgan fingerprint density at radius 2 is 2.04 bits per heavy atom. The molecule has 3 rings (SSSR count). The van der Waals surface area contributed by atoms with Gasteiger partial charge in [-0.3, -0.25) is 0 Å². The monoisotopic (exact) mass is 396 g/mol. The van der Waals surface area contributed by atoms with Gasteiger partial charge < -0.3 is 14.4 Å². The fourth-order valence-corrected chi connectivity index (χ4v) is 3.29. The van der Waals surface area contributed by atoms with E-state index in [0.29, 0.717) is 16.8 Å². The summed E-state index contributed by atoms with van der Waals surface area (Å²) in [5.74, 6) is -0.851. The molecule has 2 aromatic heterocycles. The molecule has 0 spiro atoms. The van der Waals surface area contributed by atoms with Crippen LogP contribution in [0.1, 0.15) is 27.4 Å². The van der Waals surface area contributed by atoms with Gasteiger partial charge in [0.15, 0.2) is 11.6 Å². The third kappa shape index (κ3) is 3.55. The van der Waals surface area contributed by atoms with E-state index in [0.717, 1.165) is 5.52 Å². The number of hydrogen-bond donors (Lipinski definition) is 1. The first-order valence-corrected chi connectivity index (χ1v) is 8.76. The van der Waals surface area contributed by atoms with E-state index in [4.69, 9.17) is 16.3 Å². The van der Waals surface area contributed by atoms with Gasteiger partial charge in [-0.1, -0.05) is 23.7 Å². The Balaban J connectivity index is 1.88. The Hall–Kier alpha value is -3.37. The first-order chi connectivity index (χ1) is 13.3. The van der Waals surface area contributed by atoms with Gasteiger partial charge in [0.2, 0.25) is 0 Å². The zero-order valence-corrected chi connectivity index (χ0v) is 16.3. The van der Waals surface area contributed by atoms with Crippen LogP contribution in [0.2, 0.25) is 5.15 Å². The van der Waals surface area contributed by atoms with Crippen molar-refractivity contribution in [3.05, 3.63) is 63.9 Å². The van der Waals surface area contributed by atoms with Gasteiger partial charge in [0.1, 0.15) is 23.4 Å². The predicted molar refractivity (Wildman–Crippen MR) is 105 cm³/mol. The van der Waals surface area contributed by atoms with Crippen molar-refractivity contribution in [2.24, 2.45) is 7.05 Å². The molecule has 0 amide bonds. The summed E-state index contributed by atoms with van der Waals surface area (Å²) in [5.41, 5.74) is 2.84. The SMILES string of the molecule is Cc1cc(C)c(C(=O)OC/C(O)=C(\C#N)c2nc3ccccc3n2C)c(Cl)n1. The van der Waals surface area contributed by atoms with Crippen LogP contribution in [0.15, 0.2) is 36.1 Å². The summed E-state index contributed by atoms with van der Waals surface area (Å²) in [6.45, 7) is 2.99. The van der Waals surface area contributed by atoms with E-state index < -0.39 is 18.3 Å². The van der Waals surface area contributed by atoms with E-state index in [2.05, 4.69) is 9.97 Å². The van der Waals surface area contributed by atoms with Crippen LogP contribution in [0.3, 0.4) is 0 Å². The van der Waals surface area contributed by atoms with Gasteiger partial charge in [-0.05, 0) is 37.6 Å². The largest absolute Gasteiger partial charge is 0.507 e. The summed E-state index contributed by atoms with van der Waals surface area (Å²) in [5, 5.41) is 19.9. The average molecular weight is 397 g/mol. The number of para-hydroxylation sites is 2. The molecule has 0 bridgehead atoms. The summed E-state index contributed by atoms with van der Waals surface area (Å²) < 4.78 is 6.84. The minimum absolute atomic E-state index is 0.0295. The number of benzene rings is 1. The molecule has 8 heteroatoms. The van der Waals surface area contributed by atoms with Crippen molar-refractivity contribution in [3.63, 3.8) is 0 Å². The highest BCUT2D eigenvalue weighted by Crippen LogP contribution is 2.23. The van der Waals surface area contributed by atoms with Crippen molar-refractivity contribution in [2.75, 3.05) is 6.61 Å². The van der Waals surface area contributed by atoms with E-state index in [1.807, 2.05) is 24.3 Å². The predicted octanol–water partition coefficient (Wildman–Crippen LogP) is 3.89. The molecule has 0 fully saturated rings. The van der Waals surface area contributed by atoms with Gasteiger partial charge in [-0.2, -0.15) is 5.26 Å². The van der Waals surface area contributed by atoms with Gasteiger partial charge in [0, 0.05) is 12.7 Å². The highest BCUT2D eigenvalue weighted by atomic mass is 35.5. The van der Waals surface area contributed by atoms with Crippen molar-refractivity contribution in [2.45, 2.75) is 13.8 Å². The average Bonchev–Trinajstić information content (AvgIpc) is 2.97. The molecular formula is C20H17ClN4O3. The summed E-state index contributed by atoms with van der Waals surface area (Å²) in [4.78, 5) is 20.8. The number of pyridine rings is 1. The zero-order chi connectivity index (χ0) is 20.4. The highest BCUT2D eigenvalue weighted by molar-refractivity contribution is 6.32. The zero-order valence-electron chi connectivity index (χ0n) is 15.5. The van der Waals surface area contributed by atoms with E-state index in [9.17, 15) is 15.2 Å². The summed E-state index contributed by atoms with van der Waals surface area (Å²) >= 11 is 6.04. The Morgan fingerprint density at radius 1 is 1.32 bits per heavy atom.